The van der Waals surface area contributed by atoms with E-state index in [1.807, 2.05) is 0 Å². The number of rotatable bonds is 4. The van der Waals surface area contributed by atoms with Gasteiger partial charge in [-0.05, 0) is 37.0 Å². The van der Waals surface area contributed by atoms with Crippen LogP contribution in [0.25, 0.3) is 0 Å². The number of benzene rings is 1. The van der Waals surface area contributed by atoms with Crippen LogP contribution in [0.4, 0.5) is 0 Å². The Morgan fingerprint density at radius 2 is 2.00 bits per heavy atom. The van der Waals surface area contributed by atoms with Crippen molar-refractivity contribution < 1.29 is 13.5 Å². The van der Waals surface area contributed by atoms with E-state index in [0.717, 1.165) is 0 Å². The fourth-order valence-electron chi connectivity index (χ4n) is 2.15. The molecular weight excluding hydrogens is 309 g/mol. The summed E-state index contributed by atoms with van der Waals surface area (Å²) in [6.45, 7) is 0.377. The molecule has 0 unspecified atom stereocenters. The zero-order valence-corrected chi connectivity index (χ0v) is 12.7. The van der Waals surface area contributed by atoms with E-state index in [9.17, 15) is 13.5 Å². The average Bonchev–Trinajstić information content (AvgIpc) is 2.30. The quantitative estimate of drug-likeness (QED) is 0.925. The van der Waals surface area contributed by atoms with Gasteiger partial charge in [0.05, 0.1) is 11.1 Å². The van der Waals surface area contributed by atoms with Crippen molar-refractivity contribution in [2.45, 2.75) is 23.8 Å². The van der Waals surface area contributed by atoms with Crippen LogP contribution in [0.5, 0.6) is 0 Å². The number of halogens is 2. The lowest BCUT2D eigenvalue weighted by Gasteiger charge is -2.34. The van der Waals surface area contributed by atoms with Gasteiger partial charge in [0.2, 0.25) is 10.0 Å². The third kappa shape index (κ3) is 3.23. The highest BCUT2D eigenvalue weighted by atomic mass is 35.5. The monoisotopic (exact) mass is 323 g/mol. The summed E-state index contributed by atoms with van der Waals surface area (Å²) in [7, 11) is -2.13. The topological polar surface area (TPSA) is 57.6 Å². The summed E-state index contributed by atoms with van der Waals surface area (Å²) in [5.74, 6) is 0.202. The molecule has 0 bridgehead atoms. The molecule has 1 saturated carbocycles. The van der Waals surface area contributed by atoms with Gasteiger partial charge < -0.3 is 5.11 Å². The molecule has 2 rings (SSSR count). The Hall–Kier alpha value is -0.330. The number of aliphatic hydroxyl groups is 1. The summed E-state index contributed by atoms with van der Waals surface area (Å²) in [6, 6.07) is 4.37. The molecule has 19 heavy (non-hydrogen) atoms. The van der Waals surface area contributed by atoms with E-state index in [4.69, 9.17) is 23.2 Å². The average molecular weight is 324 g/mol. The molecule has 4 nitrogen and oxygen atoms in total. The lowest BCUT2D eigenvalue weighted by atomic mass is 9.82. The van der Waals surface area contributed by atoms with Crippen molar-refractivity contribution in [3.05, 3.63) is 28.2 Å². The summed E-state index contributed by atoms with van der Waals surface area (Å²) in [5.41, 5.74) is 0. The molecule has 1 N–H and O–H groups in total. The van der Waals surface area contributed by atoms with Gasteiger partial charge in [-0.3, -0.25) is 0 Å². The fraction of sp³-hybridized carbons (Fsp3) is 0.500. The van der Waals surface area contributed by atoms with Crippen molar-refractivity contribution in [2.24, 2.45) is 5.92 Å². The molecule has 0 aliphatic heterocycles. The van der Waals surface area contributed by atoms with Gasteiger partial charge in [-0.2, -0.15) is 0 Å². The molecular formula is C12H15Cl2NO3S. The Morgan fingerprint density at radius 1 is 1.37 bits per heavy atom. The van der Waals surface area contributed by atoms with E-state index in [0.29, 0.717) is 24.4 Å². The van der Waals surface area contributed by atoms with E-state index in [-0.39, 0.29) is 21.9 Å². The van der Waals surface area contributed by atoms with Gasteiger partial charge in [-0.25, -0.2) is 12.7 Å². The molecule has 7 heteroatoms. The van der Waals surface area contributed by atoms with Crippen LogP contribution in [0.15, 0.2) is 23.1 Å². The smallest absolute Gasteiger partial charge is 0.244 e. The molecule has 1 fully saturated rings. The van der Waals surface area contributed by atoms with Crippen molar-refractivity contribution >= 4 is 33.2 Å². The number of sulfonamides is 1. The zero-order valence-electron chi connectivity index (χ0n) is 10.4. The van der Waals surface area contributed by atoms with Gasteiger partial charge in [0.15, 0.2) is 0 Å². The second kappa shape index (κ2) is 5.58. The minimum absolute atomic E-state index is 0.0176. The Morgan fingerprint density at radius 3 is 2.58 bits per heavy atom. The molecule has 1 aliphatic rings. The lowest BCUT2D eigenvalue weighted by molar-refractivity contribution is 0.0367. The van der Waals surface area contributed by atoms with Crippen LogP contribution >= 0.6 is 23.2 Å². The molecule has 0 atom stereocenters. The van der Waals surface area contributed by atoms with E-state index in [2.05, 4.69) is 0 Å². The number of hydrogen-bond donors (Lipinski definition) is 1. The van der Waals surface area contributed by atoms with E-state index in [1.165, 1.54) is 23.5 Å². The lowest BCUT2D eigenvalue weighted by Crippen LogP contribution is -2.39. The first-order chi connectivity index (χ1) is 8.80. The fourth-order valence-corrected chi connectivity index (χ4v) is 4.13. The maximum Gasteiger partial charge on any atom is 0.244 e. The second-order valence-electron chi connectivity index (χ2n) is 4.85. The third-order valence-electron chi connectivity index (χ3n) is 3.31. The van der Waals surface area contributed by atoms with Crippen molar-refractivity contribution in [1.82, 2.24) is 4.31 Å². The summed E-state index contributed by atoms with van der Waals surface area (Å²) < 4.78 is 26.0. The normalized spacial score (nSPS) is 23.4. The van der Waals surface area contributed by atoms with Crippen LogP contribution in [0.3, 0.4) is 0 Å². The van der Waals surface area contributed by atoms with Gasteiger partial charge in [-0.1, -0.05) is 23.2 Å². The van der Waals surface area contributed by atoms with Crippen molar-refractivity contribution in [3.63, 3.8) is 0 Å². The molecule has 0 saturated heterocycles. The predicted octanol–water partition coefficient (Wildman–Crippen LogP) is 2.38. The third-order valence-corrected chi connectivity index (χ3v) is 5.85. The van der Waals surface area contributed by atoms with E-state index in [1.54, 1.807) is 6.07 Å². The van der Waals surface area contributed by atoms with E-state index >= 15 is 0 Å². The van der Waals surface area contributed by atoms with Crippen molar-refractivity contribution in [1.29, 1.82) is 0 Å². The SMILES string of the molecule is CN(CC1CC(O)C1)S(=O)(=O)c1cc(Cl)ccc1Cl. The highest BCUT2D eigenvalue weighted by Crippen LogP contribution is 2.31. The summed E-state index contributed by atoms with van der Waals surface area (Å²) in [6.07, 6.45) is 0.989. The Kier molecular flexibility index (Phi) is 4.42. The minimum Gasteiger partial charge on any atom is -0.393 e. The summed E-state index contributed by atoms with van der Waals surface area (Å²) in [5, 5.41) is 9.71. The molecule has 1 aliphatic carbocycles. The standard InChI is InChI=1S/C12H15Cl2NO3S/c1-15(7-8-4-10(16)5-8)19(17,18)12-6-9(13)2-3-11(12)14/h2-3,6,8,10,16H,4-5,7H2,1H3. The van der Waals surface area contributed by atoms with E-state index < -0.39 is 10.0 Å². The first-order valence-corrected chi connectivity index (χ1v) is 8.09. The predicted molar refractivity (Wildman–Crippen MR) is 75.0 cm³/mol. The van der Waals surface area contributed by atoms with Gasteiger partial charge in [0.25, 0.3) is 0 Å². The van der Waals surface area contributed by atoms with Crippen LogP contribution in [0, 0.1) is 5.92 Å². The van der Waals surface area contributed by atoms with Crippen LogP contribution in [0.1, 0.15) is 12.8 Å². The molecule has 1 aromatic carbocycles. The Balaban J connectivity index is 2.19. The zero-order chi connectivity index (χ0) is 14.2. The molecule has 1 aromatic rings. The van der Waals surface area contributed by atoms with Crippen LogP contribution in [-0.2, 0) is 10.0 Å². The number of aliphatic hydroxyl groups excluding tert-OH is 1. The maximum atomic E-state index is 12.4. The molecule has 0 amide bonds. The van der Waals surface area contributed by atoms with Crippen molar-refractivity contribution in [3.8, 4) is 0 Å². The van der Waals surface area contributed by atoms with Gasteiger partial charge >= 0.3 is 0 Å². The molecule has 106 valence electrons. The highest BCUT2D eigenvalue weighted by Gasteiger charge is 2.32. The molecule has 0 radical (unpaired) electrons. The first kappa shape index (κ1) is 15.1. The Bertz CT molecular complexity index is 570. The largest absolute Gasteiger partial charge is 0.393 e. The van der Waals surface area contributed by atoms with Crippen LogP contribution in [0.2, 0.25) is 10.0 Å². The molecule has 0 heterocycles. The van der Waals surface area contributed by atoms with Crippen LogP contribution < -0.4 is 0 Å². The molecule has 0 spiro atoms. The number of nitrogens with zero attached hydrogens (tertiary/aromatic N) is 1. The number of hydrogen-bond acceptors (Lipinski definition) is 3. The van der Waals surface area contributed by atoms with Gasteiger partial charge in [0, 0.05) is 18.6 Å². The maximum absolute atomic E-state index is 12.4. The summed E-state index contributed by atoms with van der Waals surface area (Å²) in [4.78, 5) is 0.0176. The van der Waals surface area contributed by atoms with Crippen LogP contribution in [-0.4, -0.2) is 37.5 Å². The summed E-state index contributed by atoms with van der Waals surface area (Å²) >= 11 is 11.7. The van der Waals surface area contributed by atoms with Gasteiger partial charge in [0.1, 0.15) is 4.90 Å². The highest BCUT2D eigenvalue weighted by molar-refractivity contribution is 7.89. The Labute approximate surface area is 123 Å². The van der Waals surface area contributed by atoms with Crippen molar-refractivity contribution in [2.75, 3.05) is 13.6 Å². The minimum atomic E-state index is -3.65. The van der Waals surface area contributed by atoms with Gasteiger partial charge in [-0.15, -0.1) is 0 Å². The molecule has 0 aromatic heterocycles. The second-order valence-corrected chi connectivity index (χ2v) is 7.71. The first-order valence-electron chi connectivity index (χ1n) is 5.90.